The second-order valence-electron chi connectivity index (χ2n) is 7.57. The monoisotopic (exact) mass is 642 g/mol. The molecule has 0 spiro atoms. The van der Waals surface area contributed by atoms with Crippen molar-refractivity contribution in [2.75, 3.05) is 0 Å². The van der Waals surface area contributed by atoms with Crippen LogP contribution in [0.4, 0.5) is 0 Å². The first kappa shape index (κ1) is 41.9. The minimum atomic E-state index is 0. The number of pyridine rings is 1. The first-order chi connectivity index (χ1) is 13.5. The molecule has 6 heteroatoms. The molecule has 2 aliphatic carbocycles. The van der Waals surface area contributed by atoms with E-state index in [1.807, 2.05) is 19.2 Å². The van der Waals surface area contributed by atoms with Gasteiger partial charge in [0.25, 0.3) is 0 Å². The topological polar surface area (TPSA) is 112 Å². The van der Waals surface area contributed by atoms with Crippen molar-refractivity contribution >= 4 is 5.57 Å². The molecule has 2 unspecified atom stereocenters. The van der Waals surface area contributed by atoms with Gasteiger partial charge in [-0.3, -0.25) is 4.98 Å². The molecule has 5 nitrogen and oxygen atoms in total. The molecule has 0 amide bonds. The van der Waals surface area contributed by atoms with Gasteiger partial charge in [0.05, 0.1) is 5.69 Å². The second-order valence-corrected chi connectivity index (χ2v) is 7.57. The van der Waals surface area contributed by atoms with E-state index in [-0.39, 0.29) is 65.1 Å². The Balaban J connectivity index is -0.000000127. The van der Waals surface area contributed by atoms with Gasteiger partial charge in [0.15, 0.2) is 0 Å². The van der Waals surface area contributed by atoms with Crippen LogP contribution in [-0.4, -0.2) is 28.1 Å². The fourth-order valence-electron chi connectivity index (χ4n) is 3.61. The summed E-state index contributed by atoms with van der Waals surface area (Å²) in [5, 5.41) is 0. The Morgan fingerprint density at radius 2 is 1.67 bits per heavy atom. The van der Waals surface area contributed by atoms with E-state index in [4.69, 9.17) is 10.5 Å². The summed E-state index contributed by atoms with van der Waals surface area (Å²) in [6.07, 6.45) is 20.9. The van der Waals surface area contributed by atoms with Crippen molar-refractivity contribution in [2.45, 2.75) is 85.0 Å². The normalized spacial score (nSPS) is 22.9. The summed E-state index contributed by atoms with van der Waals surface area (Å²) >= 11 is 0. The third-order valence-electron chi connectivity index (χ3n) is 5.19. The van der Waals surface area contributed by atoms with E-state index in [9.17, 15) is 0 Å². The number of epoxide rings is 1. The van der Waals surface area contributed by atoms with Crippen LogP contribution in [0.15, 0.2) is 36.1 Å². The van der Waals surface area contributed by atoms with Crippen LogP contribution in [0, 0.1) is 33.6 Å². The molecule has 2 fully saturated rings. The third-order valence-corrected chi connectivity index (χ3v) is 5.19. The first-order valence-corrected chi connectivity index (χ1v) is 10.5. The van der Waals surface area contributed by atoms with Crippen LogP contribution in [0.5, 0.6) is 0 Å². The van der Waals surface area contributed by atoms with Gasteiger partial charge < -0.3 is 36.3 Å². The summed E-state index contributed by atoms with van der Waals surface area (Å²) in [6, 6.07) is 4.35. The van der Waals surface area contributed by atoms with Crippen LogP contribution in [0.3, 0.4) is 0 Å². The van der Waals surface area contributed by atoms with Gasteiger partial charge in [-0.2, -0.15) is 0 Å². The van der Waals surface area contributed by atoms with Gasteiger partial charge in [0.2, 0.25) is 0 Å². The number of hydrogen-bond donors (Lipinski definition) is 0. The summed E-state index contributed by atoms with van der Waals surface area (Å²) < 4.78 is 5.69. The maximum atomic E-state index is 7.48. The standard InChI is InChI=1S/C13H13NO.C7H14N.C3H8.C2H2.2CH3.2H2O.Pt/c1-3-5-9-8(2)11-10(6-4-7-14-11)13-12(9)15-13;1-6-4-2-3-5-7(6)8;1-3-2;1-2;;;;;/h3-7,12-13H,1-2H3;6-8H,2-5H2,1H3;3H2,1-2H3;1-2H;2*1H3;2*1H2;/q;-1;;;2*-1;;;/b5-3-;;;;;;;;/t;6-,7-;;;;;;;/m.0......./s1. The van der Waals surface area contributed by atoms with Gasteiger partial charge in [0.1, 0.15) is 12.2 Å². The number of terminal acetylenes is 1. The molecule has 4 rings (SSSR count). The zero-order valence-electron chi connectivity index (χ0n) is 21.6. The second kappa shape index (κ2) is 22.5. The van der Waals surface area contributed by atoms with Gasteiger partial charge in [-0.05, 0) is 31.1 Å². The average molecular weight is 643 g/mol. The van der Waals surface area contributed by atoms with Gasteiger partial charge in [0, 0.05) is 32.8 Å². The summed E-state index contributed by atoms with van der Waals surface area (Å²) in [7, 11) is 0. The van der Waals surface area contributed by atoms with Crippen molar-refractivity contribution in [1.82, 2.24) is 4.98 Å². The third kappa shape index (κ3) is 12.1. The number of ether oxygens (including phenoxy) is 1. The van der Waals surface area contributed by atoms with Crippen LogP contribution in [-0.2, 0) is 25.8 Å². The molecule has 1 aliphatic heterocycles. The molecule has 2 heterocycles. The van der Waals surface area contributed by atoms with E-state index in [1.165, 1.54) is 42.4 Å². The molecular formula is C27H47N2O3Pt-3. The average Bonchev–Trinajstić information content (AvgIpc) is 3.51. The van der Waals surface area contributed by atoms with Crippen LogP contribution in [0.25, 0.3) is 11.3 Å². The molecule has 196 valence electrons. The van der Waals surface area contributed by atoms with Crippen LogP contribution in [0.2, 0.25) is 0 Å². The van der Waals surface area contributed by atoms with Crippen molar-refractivity contribution in [3.05, 3.63) is 67.9 Å². The van der Waals surface area contributed by atoms with E-state index in [0.29, 0.717) is 5.92 Å². The molecular weight excluding hydrogens is 595 g/mol. The fourth-order valence-corrected chi connectivity index (χ4v) is 3.61. The molecule has 1 saturated carbocycles. The number of allylic oxidation sites excluding steroid dienone is 2. The molecule has 4 atom stereocenters. The molecule has 5 N–H and O–H groups in total. The fraction of sp³-hybridized carbons (Fsp3) is 0.519. The summed E-state index contributed by atoms with van der Waals surface area (Å²) in [4.78, 5) is 4.44. The van der Waals surface area contributed by atoms with Crippen molar-refractivity contribution in [3.63, 3.8) is 0 Å². The number of nitrogens with zero attached hydrogens (tertiary/aromatic N) is 1. The molecule has 0 bridgehead atoms. The zero-order valence-corrected chi connectivity index (χ0v) is 23.8. The summed E-state index contributed by atoms with van der Waals surface area (Å²) in [5.41, 5.74) is 12.4. The van der Waals surface area contributed by atoms with E-state index in [0.717, 1.165) is 12.1 Å². The molecule has 3 aliphatic rings. The quantitative estimate of drug-likeness (QED) is 0.200. The maximum Gasteiger partial charge on any atom is 0.116 e. The number of aromatic nitrogens is 1. The van der Waals surface area contributed by atoms with Crippen molar-refractivity contribution < 1.29 is 36.8 Å². The van der Waals surface area contributed by atoms with Crippen LogP contribution in [0.1, 0.15) is 84.1 Å². The Bertz CT molecular complexity index is 679. The number of rotatable bonds is 1. The molecule has 33 heavy (non-hydrogen) atoms. The van der Waals surface area contributed by atoms with Gasteiger partial charge in [-0.15, -0.1) is 18.9 Å². The van der Waals surface area contributed by atoms with Crippen LogP contribution >= 0.6 is 0 Å². The minimum absolute atomic E-state index is 0. The van der Waals surface area contributed by atoms with E-state index in [1.54, 1.807) is 0 Å². The Morgan fingerprint density at radius 1 is 1.12 bits per heavy atom. The van der Waals surface area contributed by atoms with E-state index in [2.05, 4.69) is 63.7 Å². The Morgan fingerprint density at radius 3 is 2.12 bits per heavy atom. The minimum Gasteiger partial charge on any atom is -0.674 e. The largest absolute Gasteiger partial charge is 0.674 e. The molecule has 0 radical (unpaired) electrons. The molecule has 1 aromatic rings. The smallest absolute Gasteiger partial charge is 0.116 e. The molecule has 0 aromatic carbocycles. The maximum absolute atomic E-state index is 7.48. The van der Waals surface area contributed by atoms with Gasteiger partial charge >= 0.3 is 0 Å². The first-order valence-electron chi connectivity index (χ1n) is 10.5. The molecule has 1 saturated heterocycles. The van der Waals surface area contributed by atoms with Gasteiger partial charge in [-0.25, -0.2) is 0 Å². The molecule has 1 aromatic heterocycles. The van der Waals surface area contributed by atoms with Crippen LogP contribution < -0.4 is 0 Å². The predicted octanol–water partition coefficient (Wildman–Crippen LogP) is 6.42. The summed E-state index contributed by atoms with van der Waals surface area (Å²) in [5.74, 6) is 0.670. The van der Waals surface area contributed by atoms with E-state index < -0.39 is 0 Å². The number of fused-ring (bicyclic) bond motifs is 3. The Labute approximate surface area is 218 Å². The zero-order chi connectivity index (χ0) is 21.1. The van der Waals surface area contributed by atoms with Crippen molar-refractivity contribution in [3.8, 4) is 12.8 Å². The number of nitrogens with one attached hydrogen (secondary N) is 1. The Kier molecular flexibility index (Phi) is 28.6. The Hall–Kier alpha value is -1.28. The number of hydrogen-bond acceptors (Lipinski definition) is 2. The van der Waals surface area contributed by atoms with E-state index >= 15 is 0 Å². The van der Waals surface area contributed by atoms with Crippen molar-refractivity contribution in [2.24, 2.45) is 5.92 Å². The van der Waals surface area contributed by atoms with Gasteiger partial charge in [-0.1, -0.05) is 77.0 Å². The van der Waals surface area contributed by atoms with Crippen molar-refractivity contribution in [1.29, 1.82) is 0 Å². The SMILES string of the molecule is C#C.C/C=C\C1=C(C)c2ncccc2C2OC12.CCC.C[C@H]1CCCC[C@@H]1[NH-].O.O.[CH3-].[CH3-].[Pt]. The predicted molar refractivity (Wildman–Crippen MR) is 141 cm³/mol. The summed E-state index contributed by atoms with van der Waals surface area (Å²) in [6.45, 7) is 10.6.